The number of benzene rings is 1. The number of aromatic nitrogens is 1. The number of β-amino-alcohol motifs (C(OH)–C–C–N with tert-alkyl or cyclic N) is 1. The van der Waals surface area contributed by atoms with Gasteiger partial charge in [0.15, 0.2) is 5.76 Å². The van der Waals surface area contributed by atoms with Gasteiger partial charge in [-0.25, -0.2) is 0 Å². The third-order valence-corrected chi connectivity index (χ3v) is 4.75. The maximum absolute atomic E-state index is 10.3. The molecule has 1 aromatic carbocycles. The molecule has 6 heteroatoms. The Balaban J connectivity index is 1.38. The Morgan fingerprint density at radius 1 is 1.12 bits per heavy atom. The van der Waals surface area contributed by atoms with Crippen molar-refractivity contribution < 1.29 is 14.4 Å². The van der Waals surface area contributed by atoms with Crippen LogP contribution in [-0.2, 0) is 6.54 Å². The Bertz CT molecular complexity index is 708. The molecule has 1 aliphatic heterocycles. The first-order valence-electron chi connectivity index (χ1n) is 9.24. The Morgan fingerprint density at radius 3 is 2.50 bits per heavy atom. The van der Waals surface area contributed by atoms with Gasteiger partial charge in [-0.15, -0.1) is 0 Å². The normalized spacial score (nSPS) is 17.4. The molecule has 26 heavy (non-hydrogen) atoms. The van der Waals surface area contributed by atoms with Crippen molar-refractivity contribution in [3.05, 3.63) is 46.8 Å². The van der Waals surface area contributed by atoms with Gasteiger partial charge < -0.3 is 14.4 Å². The average Bonchev–Trinajstić information content (AvgIpc) is 3.01. The van der Waals surface area contributed by atoms with Gasteiger partial charge in [-0.1, -0.05) is 22.9 Å². The molecule has 6 nitrogen and oxygen atoms in total. The van der Waals surface area contributed by atoms with Gasteiger partial charge in [0, 0.05) is 38.8 Å². The van der Waals surface area contributed by atoms with Crippen molar-refractivity contribution in [2.75, 3.05) is 39.3 Å². The number of hydrogen-bond donors (Lipinski definition) is 1. The molecule has 0 aliphatic carbocycles. The minimum Gasteiger partial charge on any atom is -0.491 e. The van der Waals surface area contributed by atoms with Gasteiger partial charge in [0.25, 0.3) is 0 Å². The zero-order chi connectivity index (χ0) is 18.5. The molecule has 0 bridgehead atoms. The Labute approximate surface area is 155 Å². The van der Waals surface area contributed by atoms with E-state index in [2.05, 4.69) is 27.9 Å². The summed E-state index contributed by atoms with van der Waals surface area (Å²) < 4.78 is 11.1. The van der Waals surface area contributed by atoms with Crippen LogP contribution in [0.3, 0.4) is 0 Å². The first kappa shape index (κ1) is 18.9. The van der Waals surface area contributed by atoms with Crippen molar-refractivity contribution in [2.45, 2.75) is 33.4 Å². The zero-order valence-electron chi connectivity index (χ0n) is 15.9. The second-order valence-corrected chi connectivity index (χ2v) is 7.25. The van der Waals surface area contributed by atoms with Crippen molar-refractivity contribution in [1.29, 1.82) is 0 Å². The van der Waals surface area contributed by atoms with Crippen LogP contribution < -0.4 is 4.74 Å². The van der Waals surface area contributed by atoms with Crippen molar-refractivity contribution in [3.8, 4) is 5.75 Å². The molecule has 2 aromatic rings. The first-order chi connectivity index (χ1) is 12.5. The molecular weight excluding hydrogens is 330 g/mol. The Kier molecular flexibility index (Phi) is 6.29. The summed E-state index contributed by atoms with van der Waals surface area (Å²) >= 11 is 0. The molecule has 1 aliphatic rings. The summed E-state index contributed by atoms with van der Waals surface area (Å²) in [6.07, 6.45) is -0.487. The molecular formula is C20H29N3O3. The van der Waals surface area contributed by atoms with Gasteiger partial charge in [0.05, 0.1) is 12.2 Å². The lowest BCUT2D eigenvalue weighted by molar-refractivity contribution is 0.0428. The smallest absolute Gasteiger partial charge is 0.150 e. The number of piperazine rings is 1. The molecule has 0 spiro atoms. The maximum atomic E-state index is 10.3. The monoisotopic (exact) mass is 359 g/mol. The number of rotatable bonds is 7. The summed E-state index contributed by atoms with van der Waals surface area (Å²) in [5.74, 6) is 1.76. The summed E-state index contributed by atoms with van der Waals surface area (Å²) in [7, 11) is 0. The molecule has 1 unspecified atom stereocenters. The summed E-state index contributed by atoms with van der Waals surface area (Å²) in [4.78, 5) is 4.65. The lowest BCUT2D eigenvalue weighted by Crippen LogP contribution is -2.48. The highest BCUT2D eigenvalue weighted by molar-refractivity contribution is 5.35. The van der Waals surface area contributed by atoms with Crippen LogP contribution in [0.1, 0.15) is 22.6 Å². The molecule has 0 amide bonds. The van der Waals surface area contributed by atoms with E-state index >= 15 is 0 Å². The van der Waals surface area contributed by atoms with Gasteiger partial charge in [0.1, 0.15) is 18.5 Å². The second kappa shape index (κ2) is 8.66. The van der Waals surface area contributed by atoms with E-state index in [0.29, 0.717) is 13.2 Å². The summed E-state index contributed by atoms with van der Waals surface area (Å²) in [6.45, 7) is 11.6. The van der Waals surface area contributed by atoms with E-state index in [1.165, 1.54) is 5.56 Å². The van der Waals surface area contributed by atoms with Crippen molar-refractivity contribution >= 4 is 0 Å². The highest BCUT2D eigenvalue weighted by Crippen LogP contribution is 2.19. The third kappa shape index (κ3) is 5.30. The van der Waals surface area contributed by atoms with E-state index in [1.807, 2.05) is 32.0 Å². The van der Waals surface area contributed by atoms with E-state index in [1.54, 1.807) is 0 Å². The molecule has 0 saturated carbocycles. The maximum Gasteiger partial charge on any atom is 0.150 e. The van der Waals surface area contributed by atoms with E-state index in [4.69, 9.17) is 9.26 Å². The third-order valence-electron chi connectivity index (χ3n) is 4.75. The van der Waals surface area contributed by atoms with Gasteiger partial charge in [-0.3, -0.25) is 9.80 Å². The van der Waals surface area contributed by atoms with E-state index in [-0.39, 0.29) is 0 Å². The van der Waals surface area contributed by atoms with Crippen LogP contribution in [0, 0.1) is 20.8 Å². The molecule has 1 N–H and O–H groups in total. The predicted molar refractivity (Wildman–Crippen MR) is 100 cm³/mol. The van der Waals surface area contributed by atoms with Gasteiger partial charge in [-0.05, 0) is 32.4 Å². The van der Waals surface area contributed by atoms with Crippen LogP contribution in [0.4, 0.5) is 0 Å². The SMILES string of the molecule is Cc1ccc(OCC(O)CN2CCN(Cc3cc(C)no3)CC2)c(C)c1. The van der Waals surface area contributed by atoms with Gasteiger partial charge in [0.2, 0.25) is 0 Å². The van der Waals surface area contributed by atoms with Crippen LogP contribution in [-0.4, -0.2) is 65.5 Å². The number of aryl methyl sites for hydroxylation is 3. The van der Waals surface area contributed by atoms with Crippen LogP contribution in [0.15, 0.2) is 28.8 Å². The highest BCUT2D eigenvalue weighted by Gasteiger charge is 2.20. The standard InChI is InChI=1S/C20H29N3O3/c1-15-4-5-20(16(2)10-15)25-14-18(24)12-22-6-8-23(9-7-22)13-19-11-17(3)21-26-19/h4-5,10-11,18,24H,6-9,12-14H2,1-3H3. The predicted octanol–water partition coefficient (Wildman–Crippen LogP) is 2.16. The molecule has 1 atom stereocenters. The van der Waals surface area contributed by atoms with Crippen LogP contribution in [0.25, 0.3) is 0 Å². The topological polar surface area (TPSA) is 62.0 Å². The fourth-order valence-corrected chi connectivity index (χ4v) is 3.34. The molecule has 0 radical (unpaired) electrons. The lowest BCUT2D eigenvalue weighted by atomic mass is 10.1. The lowest BCUT2D eigenvalue weighted by Gasteiger charge is -2.35. The van der Waals surface area contributed by atoms with E-state index in [9.17, 15) is 5.11 Å². The van der Waals surface area contributed by atoms with Gasteiger partial charge >= 0.3 is 0 Å². The number of nitrogens with zero attached hydrogens (tertiary/aromatic N) is 3. The second-order valence-electron chi connectivity index (χ2n) is 7.25. The number of ether oxygens (including phenoxy) is 1. The number of hydrogen-bond acceptors (Lipinski definition) is 6. The largest absolute Gasteiger partial charge is 0.491 e. The van der Waals surface area contributed by atoms with Crippen molar-refractivity contribution in [3.63, 3.8) is 0 Å². The Hall–Kier alpha value is -1.89. The quantitative estimate of drug-likeness (QED) is 0.817. The van der Waals surface area contributed by atoms with Crippen LogP contribution in [0.2, 0.25) is 0 Å². The van der Waals surface area contributed by atoms with E-state index < -0.39 is 6.10 Å². The van der Waals surface area contributed by atoms with Crippen LogP contribution in [0.5, 0.6) is 5.75 Å². The van der Waals surface area contributed by atoms with E-state index in [0.717, 1.165) is 55.5 Å². The molecule has 1 aromatic heterocycles. The minimum absolute atomic E-state index is 0.321. The Morgan fingerprint density at radius 2 is 1.85 bits per heavy atom. The number of aliphatic hydroxyl groups excluding tert-OH is 1. The average molecular weight is 359 g/mol. The zero-order valence-corrected chi connectivity index (χ0v) is 15.9. The first-order valence-corrected chi connectivity index (χ1v) is 9.24. The van der Waals surface area contributed by atoms with Gasteiger partial charge in [-0.2, -0.15) is 0 Å². The summed E-state index contributed by atoms with van der Waals surface area (Å²) in [6, 6.07) is 8.09. The highest BCUT2D eigenvalue weighted by atomic mass is 16.5. The molecule has 1 fully saturated rings. The summed E-state index contributed by atoms with van der Waals surface area (Å²) in [5.41, 5.74) is 3.24. The fourth-order valence-electron chi connectivity index (χ4n) is 3.34. The summed E-state index contributed by atoms with van der Waals surface area (Å²) in [5, 5.41) is 14.2. The van der Waals surface area contributed by atoms with Crippen molar-refractivity contribution in [1.82, 2.24) is 15.0 Å². The van der Waals surface area contributed by atoms with Crippen molar-refractivity contribution in [2.24, 2.45) is 0 Å². The molecule has 1 saturated heterocycles. The fraction of sp³-hybridized carbons (Fsp3) is 0.550. The van der Waals surface area contributed by atoms with Crippen LogP contribution >= 0.6 is 0 Å². The molecule has 142 valence electrons. The molecule has 3 rings (SSSR count). The minimum atomic E-state index is -0.487. The number of aliphatic hydroxyl groups is 1. The molecule has 2 heterocycles.